The highest BCUT2D eigenvalue weighted by Gasteiger charge is 2.12. The van der Waals surface area contributed by atoms with Crippen molar-refractivity contribution in [2.75, 3.05) is 5.73 Å². The number of nitrogens with two attached hydrogens (primary N) is 1. The molecular weight excluding hydrogens is 215 g/mol. The lowest BCUT2D eigenvalue weighted by molar-refractivity contribution is 0.555. The first-order chi connectivity index (χ1) is 6.09. The van der Waals surface area contributed by atoms with Gasteiger partial charge in [-0.2, -0.15) is 0 Å². The summed E-state index contributed by atoms with van der Waals surface area (Å²) in [6.07, 6.45) is 0. The molecule has 2 aromatic rings. The number of nitrogen functional groups attached to an aromatic ring is 1. The summed E-state index contributed by atoms with van der Waals surface area (Å²) in [5, 5.41) is 0.500. The topological polar surface area (TPSA) is 72.0 Å². The number of anilines is 1. The zero-order valence-corrected chi connectivity index (χ0v) is 7.74. The van der Waals surface area contributed by atoms with Crippen LogP contribution in [0.15, 0.2) is 15.3 Å². The second kappa shape index (κ2) is 2.68. The lowest BCUT2D eigenvalue weighted by Crippen LogP contribution is -1.93. The molecule has 4 nitrogen and oxygen atoms in total. The maximum atomic E-state index is 10.8. The normalized spacial score (nSPS) is 10.9. The molecule has 2 rings (SSSR count). The van der Waals surface area contributed by atoms with Crippen LogP contribution in [0.4, 0.5) is 5.69 Å². The minimum absolute atomic E-state index is 0.191. The van der Waals surface area contributed by atoms with Gasteiger partial charge in [-0.1, -0.05) is 23.2 Å². The number of halogens is 2. The van der Waals surface area contributed by atoms with Gasteiger partial charge in [-0.05, 0) is 6.07 Å². The van der Waals surface area contributed by atoms with Gasteiger partial charge in [-0.3, -0.25) is 4.98 Å². The van der Waals surface area contributed by atoms with Gasteiger partial charge in [0.25, 0.3) is 0 Å². The van der Waals surface area contributed by atoms with Crippen molar-refractivity contribution in [1.29, 1.82) is 0 Å². The van der Waals surface area contributed by atoms with Gasteiger partial charge in [0.15, 0.2) is 5.58 Å². The fourth-order valence-electron chi connectivity index (χ4n) is 1.05. The highest BCUT2D eigenvalue weighted by Crippen LogP contribution is 2.32. The molecule has 0 bridgehead atoms. The molecule has 1 heterocycles. The average molecular weight is 219 g/mol. The summed E-state index contributed by atoms with van der Waals surface area (Å²) in [5.41, 5.74) is 6.34. The smallest absolute Gasteiger partial charge is 0.406 e. The number of aromatic amines is 1. The Morgan fingerprint density at radius 3 is 2.85 bits per heavy atom. The molecule has 0 saturated carbocycles. The van der Waals surface area contributed by atoms with Crippen molar-refractivity contribution in [2.45, 2.75) is 0 Å². The standard InChI is InChI=1S/C7H4Cl2N2O2/c8-2-1-3(10)4(9)6-5(2)11-7(12)13-6/h1H,10H2,(H,11,12). The van der Waals surface area contributed by atoms with E-state index < -0.39 is 5.76 Å². The zero-order chi connectivity index (χ0) is 9.59. The predicted octanol–water partition coefficient (Wildman–Crippen LogP) is 2.01. The molecule has 0 spiro atoms. The molecule has 6 heteroatoms. The van der Waals surface area contributed by atoms with Crippen LogP contribution < -0.4 is 11.5 Å². The molecule has 68 valence electrons. The minimum atomic E-state index is -0.607. The van der Waals surface area contributed by atoms with E-state index in [9.17, 15) is 4.79 Å². The molecule has 0 amide bonds. The first-order valence-corrected chi connectivity index (χ1v) is 4.11. The SMILES string of the molecule is Nc1cc(Cl)c2[nH]c(=O)oc2c1Cl. The first-order valence-electron chi connectivity index (χ1n) is 3.36. The van der Waals surface area contributed by atoms with E-state index in [1.165, 1.54) is 6.07 Å². The van der Waals surface area contributed by atoms with Crippen molar-refractivity contribution in [2.24, 2.45) is 0 Å². The van der Waals surface area contributed by atoms with Crippen molar-refractivity contribution in [3.05, 3.63) is 26.7 Å². The Kier molecular flexibility index (Phi) is 1.75. The fourth-order valence-corrected chi connectivity index (χ4v) is 1.49. The van der Waals surface area contributed by atoms with Crippen LogP contribution in [0, 0.1) is 0 Å². The Hall–Kier alpha value is -1.13. The number of oxazole rings is 1. The summed E-state index contributed by atoms with van der Waals surface area (Å²) < 4.78 is 4.75. The van der Waals surface area contributed by atoms with Crippen LogP contribution in [-0.4, -0.2) is 4.98 Å². The van der Waals surface area contributed by atoms with Gasteiger partial charge < -0.3 is 10.2 Å². The number of nitrogens with one attached hydrogen (secondary N) is 1. The summed E-state index contributed by atoms with van der Waals surface area (Å²) in [4.78, 5) is 13.2. The summed E-state index contributed by atoms with van der Waals surface area (Å²) in [7, 11) is 0. The molecule has 0 aliphatic carbocycles. The van der Waals surface area contributed by atoms with E-state index in [2.05, 4.69) is 4.98 Å². The van der Waals surface area contributed by atoms with Crippen LogP contribution in [0.3, 0.4) is 0 Å². The van der Waals surface area contributed by atoms with Crippen LogP contribution in [-0.2, 0) is 0 Å². The second-order valence-corrected chi connectivity index (χ2v) is 3.27. The average Bonchev–Trinajstić information content (AvgIpc) is 2.44. The van der Waals surface area contributed by atoms with Gasteiger partial charge in [0.2, 0.25) is 0 Å². The molecule has 1 aromatic heterocycles. The molecule has 0 atom stereocenters. The van der Waals surface area contributed by atoms with E-state index in [0.717, 1.165) is 0 Å². The number of rotatable bonds is 0. The van der Waals surface area contributed by atoms with Crippen molar-refractivity contribution in [3.63, 3.8) is 0 Å². The molecule has 3 N–H and O–H groups in total. The van der Waals surface area contributed by atoms with Gasteiger partial charge in [0.05, 0.1) is 10.7 Å². The third-order valence-corrected chi connectivity index (χ3v) is 2.31. The highest BCUT2D eigenvalue weighted by atomic mass is 35.5. The van der Waals surface area contributed by atoms with Gasteiger partial charge >= 0.3 is 5.76 Å². The monoisotopic (exact) mass is 218 g/mol. The maximum absolute atomic E-state index is 10.8. The van der Waals surface area contributed by atoms with E-state index in [-0.39, 0.29) is 16.3 Å². The maximum Gasteiger partial charge on any atom is 0.417 e. The van der Waals surface area contributed by atoms with Crippen LogP contribution in [0.2, 0.25) is 10.0 Å². The predicted molar refractivity (Wildman–Crippen MR) is 51.3 cm³/mol. The number of aromatic nitrogens is 1. The minimum Gasteiger partial charge on any atom is -0.406 e. The summed E-state index contributed by atoms with van der Waals surface area (Å²) in [6, 6.07) is 1.46. The molecular formula is C7H4Cl2N2O2. The van der Waals surface area contributed by atoms with E-state index in [1.54, 1.807) is 0 Å². The van der Waals surface area contributed by atoms with E-state index in [1.807, 2.05) is 0 Å². The van der Waals surface area contributed by atoms with Crippen LogP contribution in [0.1, 0.15) is 0 Å². The van der Waals surface area contributed by atoms with Gasteiger partial charge in [0, 0.05) is 0 Å². The van der Waals surface area contributed by atoms with Crippen LogP contribution in [0.5, 0.6) is 0 Å². The first kappa shape index (κ1) is 8.47. The molecule has 0 saturated heterocycles. The molecule has 0 fully saturated rings. The molecule has 13 heavy (non-hydrogen) atoms. The Bertz CT molecular complexity index is 529. The van der Waals surface area contributed by atoms with Gasteiger partial charge in [-0.25, -0.2) is 4.79 Å². The zero-order valence-electron chi connectivity index (χ0n) is 6.23. The van der Waals surface area contributed by atoms with Crippen LogP contribution >= 0.6 is 23.2 Å². The molecule has 1 aromatic carbocycles. The number of benzene rings is 1. The molecule has 0 unspecified atom stereocenters. The molecule has 0 radical (unpaired) electrons. The Morgan fingerprint density at radius 2 is 2.15 bits per heavy atom. The highest BCUT2D eigenvalue weighted by molar-refractivity contribution is 6.41. The van der Waals surface area contributed by atoms with Gasteiger partial charge in [0.1, 0.15) is 10.5 Å². The second-order valence-electron chi connectivity index (χ2n) is 2.48. The van der Waals surface area contributed by atoms with Gasteiger partial charge in [-0.15, -0.1) is 0 Å². The Morgan fingerprint density at radius 1 is 1.46 bits per heavy atom. The number of hydrogen-bond acceptors (Lipinski definition) is 3. The number of fused-ring (bicyclic) bond motifs is 1. The van der Waals surface area contributed by atoms with Crippen molar-refractivity contribution < 1.29 is 4.42 Å². The Balaban J connectivity index is 3.04. The number of H-pyrrole nitrogens is 1. The van der Waals surface area contributed by atoms with Crippen molar-refractivity contribution in [1.82, 2.24) is 4.98 Å². The fraction of sp³-hybridized carbons (Fsp3) is 0. The van der Waals surface area contributed by atoms with Crippen molar-refractivity contribution in [3.8, 4) is 0 Å². The van der Waals surface area contributed by atoms with Crippen molar-refractivity contribution >= 4 is 40.0 Å². The van der Waals surface area contributed by atoms with E-state index in [4.69, 9.17) is 33.4 Å². The Labute approximate surface area is 82.2 Å². The number of hydrogen-bond donors (Lipinski definition) is 2. The van der Waals surface area contributed by atoms with E-state index >= 15 is 0 Å². The third kappa shape index (κ3) is 1.18. The quantitative estimate of drug-likeness (QED) is 0.665. The summed E-state index contributed by atoms with van der Waals surface area (Å²) in [6.45, 7) is 0. The van der Waals surface area contributed by atoms with E-state index in [0.29, 0.717) is 10.5 Å². The summed E-state index contributed by atoms with van der Waals surface area (Å²) in [5.74, 6) is -0.607. The lowest BCUT2D eigenvalue weighted by atomic mass is 10.3. The molecule has 0 aliphatic rings. The van der Waals surface area contributed by atoms with Crippen LogP contribution in [0.25, 0.3) is 11.1 Å². The lowest BCUT2D eigenvalue weighted by Gasteiger charge is -1.98. The third-order valence-electron chi connectivity index (χ3n) is 1.62. The summed E-state index contributed by atoms with van der Waals surface area (Å²) >= 11 is 11.6. The molecule has 0 aliphatic heterocycles. The largest absolute Gasteiger partial charge is 0.417 e.